The number of hydrogen-bond acceptors (Lipinski definition) is 0. The molecule has 2 aliphatic carbocycles. The van der Waals surface area contributed by atoms with Gasteiger partial charge in [0.1, 0.15) is 0 Å². The Hall–Kier alpha value is -1.78. The first-order valence-corrected chi connectivity index (χ1v) is 11.4. The van der Waals surface area contributed by atoms with Crippen LogP contribution in [0.4, 0.5) is 0 Å². The van der Waals surface area contributed by atoms with Crippen molar-refractivity contribution in [2.45, 2.75) is 95.4 Å². The molecule has 0 aromatic rings. The summed E-state index contributed by atoms with van der Waals surface area (Å²) in [5, 5.41) is 0. The standard InChI is InChI=1S/C27H38.C2H6/c1-10-21-16-23(19(2)15-24(17-21)26(4,5)6)18-22-13-11-12-14-25(20(22)3)27(7,8)9;1-2/h11,13-14,16-17H,10,12,18H2,1-9H3;1-2H3. The highest BCUT2D eigenvalue weighted by Crippen LogP contribution is 2.38. The zero-order valence-electron chi connectivity index (χ0n) is 21.0. The highest BCUT2D eigenvalue weighted by molar-refractivity contribution is 5.51. The SMILES string of the molecule is CC.CCC1=CC(C(C)(C)C)=C=C(C)C(CC2=C(C)C(C(C)(C)C)=CCC=C2)=C1. The molecular formula is C29H44. The van der Waals surface area contributed by atoms with Gasteiger partial charge >= 0.3 is 0 Å². The van der Waals surface area contributed by atoms with Crippen molar-refractivity contribution in [3.05, 3.63) is 75.1 Å². The van der Waals surface area contributed by atoms with Crippen LogP contribution >= 0.6 is 0 Å². The molecule has 0 fully saturated rings. The molecule has 29 heavy (non-hydrogen) atoms. The van der Waals surface area contributed by atoms with Gasteiger partial charge in [0.15, 0.2) is 0 Å². The van der Waals surface area contributed by atoms with Gasteiger partial charge in [0.25, 0.3) is 0 Å². The maximum atomic E-state index is 3.72. The molecule has 0 spiro atoms. The van der Waals surface area contributed by atoms with Crippen molar-refractivity contribution in [1.29, 1.82) is 0 Å². The van der Waals surface area contributed by atoms with Crippen LogP contribution in [0.2, 0.25) is 0 Å². The van der Waals surface area contributed by atoms with Crippen molar-refractivity contribution >= 4 is 0 Å². The van der Waals surface area contributed by atoms with Crippen LogP contribution in [0.25, 0.3) is 0 Å². The molecule has 0 bridgehead atoms. The number of rotatable bonds is 3. The van der Waals surface area contributed by atoms with Gasteiger partial charge in [-0.25, -0.2) is 0 Å². The van der Waals surface area contributed by atoms with Crippen molar-refractivity contribution in [2.75, 3.05) is 0 Å². The Labute approximate surface area is 181 Å². The molecule has 2 aliphatic rings. The molecule has 0 aliphatic heterocycles. The maximum Gasteiger partial charge on any atom is -0.000111 e. The van der Waals surface area contributed by atoms with E-state index in [2.05, 4.69) is 98.4 Å². The predicted octanol–water partition coefficient (Wildman–Crippen LogP) is 9.45. The highest BCUT2D eigenvalue weighted by Gasteiger charge is 2.22. The minimum Gasteiger partial charge on any atom is -0.113 e. The van der Waals surface area contributed by atoms with Crippen LogP contribution in [0.3, 0.4) is 0 Å². The van der Waals surface area contributed by atoms with Crippen LogP contribution in [0, 0.1) is 10.8 Å². The fraction of sp³-hybridized carbons (Fsp3) is 0.552. The van der Waals surface area contributed by atoms with Crippen LogP contribution in [0.1, 0.15) is 95.4 Å². The summed E-state index contributed by atoms with van der Waals surface area (Å²) in [4.78, 5) is 0. The second-order valence-corrected chi connectivity index (χ2v) is 9.99. The summed E-state index contributed by atoms with van der Waals surface area (Å²) < 4.78 is 0. The second-order valence-electron chi connectivity index (χ2n) is 9.99. The molecule has 0 heterocycles. The van der Waals surface area contributed by atoms with E-state index in [-0.39, 0.29) is 10.8 Å². The Bertz CT molecular complexity index is 808. The lowest BCUT2D eigenvalue weighted by molar-refractivity contribution is 0.508. The Morgan fingerprint density at radius 1 is 0.931 bits per heavy atom. The first-order chi connectivity index (χ1) is 13.4. The summed E-state index contributed by atoms with van der Waals surface area (Å²) in [7, 11) is 0. The van der Waals surface area contributed by atoms with E-state index in [1.807, 2.05) is 13.8 Å². The Kier molecular flexibility index (Phi) is 8.98. The monoisotopic (exact) mass is 392 g/mol. The van der Waals surface area contributed by atoms with Gasteiger partial charge in [-0.15, -0.1) is 5.73 Å². The van der Waals surface area contributed by atoms with E-state index >= 15 is 0 Å². The summed E-state index contributed by atoms with van der Waals surface area (Å²) in [6.45, 7) is 24.5. The van der Waals surface area contributed by atoms with Crippen molar-refractivity contribution in [3.63, 3.8) is 0 Å². The fourth-order valence-corrected chi connectivity index (χ4v) is 3.78. The summed E-state index contributed by atoms with van der Waals surface area (Å²) in [5.41, 5.74) is 13.8. The third-order valence-corrected chi connectivity index (χ3v) is 5.56. The van der Waals surface area contributed by atoms with Crippen molar-refractivity contribution in [1.82, 2.24) is 0 Å². The largest absolute Gasteiger partial charge is 0.113 e. The van der Waals surface area contributed by atoms with Crippen molar-refractivity contribution < 1.29 is 0 Å². The van der Waals surface area contributed by atoms with Gasteiger partial charge in [-0.05, 0) is 89.0 Å². The van der Waals surface area contributed by atoms with Gasteiger partial charge in [-0.1, -0.05) is 86.6 Å². The molecule has 0 radical (unpaired) electrons. The van der Waals surface area contributed by atoms with Crippen molar-refractivity contribution in [3.8, 4) is 0 Å². The van der Waals surface area contributed by atoms with Gasteiger partial charge in [-0.3, -0.25) is 0 Å². The topological polar surface area (TPSA) is 0 Å². The summed E-state index contributed by atoms with van der Waals surface area (Å²) in [5.74, 6) is 0. The molecule has 0 aromatic carbocycles. The maximum absolute atomic E-state index is 3.72. The van der Waals surface area contributed by atoms with E-state index in [1.54, 1.807) is 0 Å². The fourth-order valence-electron chi connectivity index (χ4n) is 3.78. The third kappa shape index (κ3) is 6.90. The second kappa shape index (κ2) is 10.3. The Morgan fingerprint density at radius 2 is 1.55 bits per heavy atom. The van der Waals surface area contributed by atoms with Crippen LogP contribution in [0.15, 0.2) is 75.1 Å². The average Bonchev–Trinajstić information content (AvgIpc) is 2.91. The van der Waals surface area contributed by atoms with E-state index in [1.165, 1.54) is 39.0 Å². The number of hydrogen-bond donors (Lipinski definition) is 0. The molecule has 0 nitrogen and oxygen atoms in total. The Balaban J connectivity index is 0.00000204. The first kappa shape index (κ1) is 25.3. The molecule has 0 unspecified atom stereocenters. The lowest BCUT2D eigenvalue weighted by Crippen LogP contribution is -2.11. The summed E-state index contributed by atoms with van der Waals surface area (Å²) >= 11 is 0. The van der Waals surface area contributed by atoms with Crippen LogP contribution < -0.4 is 0 Å². The van der Waals surface area contributed by atoms with Crippen LogP contribution in [-0.4, -0.2) is 0 Å². The molecule has 0 saturated heterocycles. The van der Waals surface area contributed by atoms with E-state index in [0.29, 0.717) is 0 Å². The molecule has 0 saturated carbocycles. The van der Waals surface area contributed by atoms with Gasteiger partial charge in [0, 0.05) is 0 Å². The highest BCUT2D eigenvalue weighted by atomic mass is 14.3. The normalized spacial score (nSPS) is 17.8. The lowest BCUT2D eigenvalue weighted by Gasteiger charge is -2.25. The molecule has 160 valence electrons. The average molecular weight is 393 g/mol. The molecule has 2 rings (SSSR count). The molecule has 0 aromatic heterocycles. The lowest BCUT2D eigenvalue weighted by atomic mass is 9.80. The van der Waals surface area contributed by atoms with Crippen LogP contribution in [0.5, 0.6) is 0 Å². The zero-order chi connectivity index (χ0) is 22.4. The van der Waals surface area contributed by atoms with E-state index in [4.69, 9.17) is 0 Å². The molecule has 0 heteroatoms. The van der Waals surface area contributed by atoms with Crippen molar-refractivity contribution in [2.24, 2.45) is 10.8 Å². The van der Waals surface area contributed by atoms with E-state index < -0.39 is 0 Å². The summed E-state index contributed by atoms with van der Waals surface area (Å²) in [6, 6.07) is 0. The third-order valence-electron chi connectivity index (χ3n) is 5.56. The molecule has 0 atom stereocenters. The van der Waals surface area contributed by atoms with E-state index in [0.717, 1.165) is 19.3 Å². The smallest absolute Gasteiger partial charge is 0.000111 e. The molecule has 0 N–H and O–H groups in total. The quantitative estimate of drug-likeness (QED) is 0.419. The van der Waals surface area contributed by atoms with Crippen LogP contribution in [-0.2, 0) is 0 Å². The minimum absolute atomic E-state index is 0.116. The first-order valence-electron chi connectivity index (χ1n) is 11.4. The Morgan fingerprint density at radius 3 is 2.07 bits per heavy atom. The van der Waals surface area contributed by atoms with Gasteiger partial charge in [0.2, 0.25) is 0 Å². The summed E-state index contributed by atoms with van der Waals surface area (Å²) in [6.07, 6.45) is 14.9. The van der Waals surface area contributed by atoms with Gasteiger partial charge < -0.3 is 0 Å². The molecule has 0 amide bonds. The predicted molar refractivity (Wildman–Crippen MR) is 132 cm³/mol. The van der Waals surface area contributed by atoms with Gasteiger partial charge in [-0.2, -0.15) is 0 Å². The van der Waals surface area contributed by atoms with Gasteiger partial charge in [0.05, 0.1) is 0 Å². The van der Waals surface area contributed by atoms with E-state index in [9.17, 15) is 0 Å². The number of allylic oxidation sites excluding steroid dienone is 11. The molecular weight excluding hydrogens is 348 g/mol. The minimum atomic E-state index is 0.116. The zero-order valence-corrected chi connectivity index (χ0v) is 21.0.